The van der Waals surface area contributed by atoms with Gasteiger partial charge in [0, 0.05) is 39.9 Å². The summed E-state index contributed by atoms with van der Waals surface area (Å²) >= 11 is 0. The third kappa shape index (κ3) is 10.5. The Labute approximate surface area is 198 Å². The second kappa shape index (κ2) is 14.3. The number of carbonyl (C=O) groups is 1. The molecule has 9 heteroatoms. The molecule has 0 aliphatic carbocycles. The Kier molecular flexibility index (Phi) is 13.0. The van der Waals surface area contributed by atoms with Gasteiger partial charge in [-0.05, 0) is 59.3 Å². The number of halogens is 1. The summed E-state index contributed by atoms with van der Waals surface area (Å²) in [4.78, 5) is 18.6. The number of hydrogen-bond donors (Lipinski definition) is 2. The van der Waals surface area contributed by atoms with E-state index in [-0.39, 0.29) is 42.2 Å². The van der Waals surface area contributed by atoms with Gasteiger partial charge in [-0.3, -0.25) is 4.99 Å². The van der Waals surface area contributed by atoms with Crippen LogP contribution in [0.1, 0.15) is 59.3 Å². The Hall–Kier alpha value is -0.810. The van der Waals surface area contributed by atoms with Gasteiger partial charge in [-0.2, -0.15) is 0 Å². The third-order valence-electron chi connectivity index (χ3n) is 5.07. The standard InChI is InChI=1S/C21H40N4O4.HI/c1-21(2,3)29-20(26)25-12-6-5-9-17(25)15-24-19(22-4)23-11-8-13-27-16-18-10-7-14-28-18;/h17-18H,5-16H2,1-4H3,(H2,22,23,24);1H. The molecule has 30 heavy (non-hydrogen) atoms. The SMILES string of the molecule is CN=C(NCCCOCC1CCCO1)NCC1CCCCN1C(=O)OC(C)(C)C.I. The van der Waals surface area contributed by atoms with Crippen molar-refractivity contribution < 1.29 is 19.0 Å². The van der Waals surface area contributed by atoms with E-state index in [0.717, 1.165) is 64.2 Å². The van der Waals surface area contributed by atoms with Crippen molar-refractivity contribution in [1.82, 2.24) is 15.5 Å². The monoisotopic (exact) mass is 540 g/mol. The van der Waals surface area contributed by atoms with Crippen LogP contribution in [-0.4, -0.2) is 81.2 Å². The number of rotatable bonds is 8. The number of aliphatic imine (C=N–C) groups is 1. The zero-order chi connectivity index (χ0) is 21.1. The Morgan fingerprint density at radius 2 is 2.00 bits per heavy atom. The van der Waals surface area contributed by atoms with Crippen LogP contribution in [0.5, 0.6) is 0 Å². The largest absolute Gasteiger partial charge is 0.444 e. The fourth-order valence-electron chi connectivity index (χ4n) is 3.58. The molecule has 8 nitrogen and oxygen atoms in total. The summed E-state index contributed by atoms with van der Waals surface area (Å²) < 4.78 is 16.8. The van der Waals surface area contributed by atoms with Crippen molar-refractivity contribution >= 4 is 36.0 Å². The van der Waals surface area contributed by atoms with Crippen LogP contribution in [-0.2, 0) is 14.2 Å². The van der Waals surface area contributed by atoms with Crippen LogP contribution in [0.15, 0.2) is 4.99 Å². The van der Waals surface area contributed by atoms with Crippen LogP contribution in [0.4, 0.5) is 4.79 Å². The maximum absolute atomic E-state index is 12.5. The molecule has 2 heterocycles. The minimum Gasteiger partial charge on any atom is -0.444 e. The molecule has 0 radical (unpaired) electrons. The smallest absolute Gasteiger partial charge is 0.410 e. The van der Waals surface area contributed by atoms with Crippen LogP contribution in [0.3, 0.4) is 0 Å². The van der Waals surface area contributed by atoms with E-state index in [1.54, 1.807) is 7.05 Å². The van der Waals surface area contributed by atoms with Crippen LogP contribution in [0, 0.1) is 0 Å². The van der Waals surface area contributed by atoms with Gasteiger partial charge in [-0.15, -0.1) is 24.0 Å². The van der Waals surface area contributed by atoms with Gasteiger partial charge in [0.25, 0.3) is 0 Å². The van der Waals surface area contributed by atoms with Crippen LogP contribution in [0.25, 0.3) is 0 Å². The summed E-state index contributed by atoms with van der Waals surface area (Å²) in [6, 6.07) is 0.117. The first-order chi connectivity index (χ1) is 13.9. The summed E-state index contributed by atoms with van der Waals surface area (Å²) in [7, 11) is 1.76. The second-order valence-electron chi connectivity index (χ2n) is 8.77. The van der Waals surface area contributed by atoms with Crippen molar-refractivity contribution in [3.05, 3.63) is 0 Å². The fourth-order valence-corrected chi connectivity index (χ4v) is 3.58. The minimum atomic E-state index is -0.476. The van der Waals surface area contributed by atoms with E-state index in [4.69, 9.17) is 14.2 Å². The molecule has 2 aliphatic rings. The quantitative estimate of drug-likeness (QED) is 0.213. The van der Waals surface area contributed by atoms with Crippen molar-refractivity contribution in [2.45, 2.75) is 77.0 Å². The average Bonchev–Trinajstić information content (AvgIpc) is 3.19. The maximum Gasteiger partial charge on any atom is 0.410 e. The molecule has 176 valence electrons. The molecule has 2 saturated heterocycles. The van der Waals surface area contributed by atoms with Crippen molar-refractivity contribution in [3.8, 4) is 0 Å². The fraction of sp³-hybridized carbons (Fsp3) is 0.905. The molecule has 0 aromatic rings. The number of likely N-dealkylation sites (tertiary alicyclic amines) is 1. The van der Waals surface area contributed by atoms with E-state index in [1.807, 2.05) is 25.7 Å². The lowest BCUT2D eigenvalue weighted by Crippen LogP contribution is -2.52. The predicted molar refractivity (Wildman–Crippen MR) is 130 cm³/mol. The Morgan fingerprint density at radius 3 is 2.67 bits per heavy atom. The van der Waals surface area contributed by atoms with Gasteiger partial charge < -0.3 is 29.7 Å². The minimum absolute atomic E-state index is 0. The lowest BCUT2D eigenvalue weighted by Gasteiger charge is -2.37. The highest BCUT2D eigenvalue weighted by Gasteiger charge is 2.30. The third-order valence-corrected chi connectivity index (χ3v) is 5.07. The number of carbonyl (C=O) groups excluding carboxylic acids is 1. The number of nitrogens with zero attached hydrogens (tertiary/aromatic N) is 2. The molecular weight excluding hydrogens is 499 g/mol. The summed E-state index contributed by atoms with van der Waals surface area (Å²) in [5, 5.41) is 6.66. The normalized spacial score (nSPS) is 22.4. The lowest BCUT2D eigenvalue weighted by molar-refractivity contribution is 0.0104. The molecule has 2 aliphatic heterocycles. The summed E-state index contributed by atoms with van der Waals surface area (Å²) in [5.74, 6) is 0.749. The van der Waals surface area contributed by atoms with Crippen molar-refractivity contribution in [2.75, 3.05) is 46.5 Å². The van der Waals surface area contributed by atoms with E-state index >= 15 is 0 Å². The summed E-state index contributed by atoms with van der Waals surface area (Å²) in [6.07, 6.45) is 6.33. The number of guanidine groups is 1. The zero-order valence-corrected chi connectivity index (χ0v) is 21.4. The second-order valence-corrected chi connectivity index (χ2v) is 8.77. The van der Waals surface area contributed by atoms with E-state index in [0.29, 0.717) is 19.8 Å². The van der Waals surface area contributed by atoms with E-state index in [9.17, 15) is 4.79 Å². The van der Waals surface area contributed by atoms with Crippen LogP contribution in [0.2, 0.25) is 0 Å². The van der Waals surface area contributed by atoms with Gasteiger partial charge in [0.15, 0.2) is 5.96 Å². The highest BCUT2D eigenvalue weighted by molar-refractivity contribution is 14.0. The number of ether oxygens (including phenoxy) is 3. The van der Waals surface area contributed by atoms with Gasteiger partial charge in [-0.1, -0.05) is 0 Å². The molecule has 0 bridgehead atoms. The maximum atomic E-state index is 12.5. The summed E-state index contributed by atoms with van der Waals surface area (Å²) in [6.45, 7) is 10.2. The Bertz CT molecular complexity index is 522. The van der Waals surface area contributed by atoms with E-state index < -0.39 is 5.60 Å². The highest BCUT2D eigenvalue weighted by Crippen LogP contribution is 2.20. The molecule has 0 saturated carbocycles. The molecule has 0 aromatic heterocycles. The molecule has 0 spiro atoms. The first kappa shape index (κ1) is 27.2. The van der Waals surface area contributed by atoms with Crippen LogP contribution < -0.4 is 10.6 Å². The van der Waals surface area contributed by atoms with Crippen molar-refractivity contribution in [1.29, 1.82) is 0 Å². The van der Waals surface area contributed by atoms with Gasteiger partial charge in [0.2, 0.25) is 0 Å². The van der Waals surface area contributed by atoms with Gasteiger partial charge in [-0.25, -0.2) is 4.79 Å². The molecule has 2 unspecified atom stereocenters. The molecule has 2 atom stereocenters. The highest BCUT2D eigenvalue weighted by atomic mass is 127. The molecule has 2 N–H and O–H groups in total. The first-order valence-corrected chi connectivity index (χ1v) is 11.0. The number of nitrogens with one attached hydrogen (secondary N) is 2. The molecule has 2 fully saturated rings. The van der Waals surface area contributed by atoms with E-state index in [2.05, 4.69) is 15.6 Å². The van der Waals surface area contributed by atoms with Crippen molar-refractivity contribution in [3.63, 3.8) is 0 Å². The van der Waals surface area contributed by atoms with Gasteiger partial charge in [0.05, 0.1) is 18.8 Å². The predicted octanol–water partition coefficient (Wildman–Crippen LogP) is 3.14. The molecule has 1 amide bonds. The van der Waals surface area contributed by atoms with E-state index in [1.165, 1.54) is 0 Å². The first-order valence-electron chi connectivity index (χ1n) is 11.0. The number of amides is 1. The summed E-state index contributed by atoms with van der Waals surface area (Å²) in [5.41, 5.74) is -0.476. The van der Waals surface area contributed by atoms with Crippen molar-refractivity contribution in [2.24, 2.45) is 4.99 Å². The number of piperidine rings is 1. The molecule has 0 aromatic carbocycles. The van der Waals surface area contributed by atoms with Gasteiger partial charge >= 0.3 is 6.09 Å². The molecule has 2 rings (SSSR count). The zero-order valence-electron chi connectivity index (χ0n) is 19.1. The Morgan fingerprint density at radius 1 is 1.20 bits per heavy atom. The van der Waals surface area contributed by atoms with Crippen LogP contribution >= 0.6 is 24.0 Å². The van der Waals surface area contributed by atoms with Gasteiger partial charge in [0.1, 0.15) is 5.60 Å². The molecular formula is C21H41IN4O4. The Balaban J connectivity index is 0.00000450. The topological polar surface area (TPSA) is 84.4 Å². The average molecular weight is 540 g/mol. The number of hydrogen-bond acceptors (Lipinski definition) is 5. The lowest BCUT2D eigenvalue weighted by atomic mass is 10.0.